The molecule has 4 heteroatoms. The molecule has 0 radical (unpaired) electrons. The Morgan fingerprint density at radius 3 is 3.00 bits per heavy atom. The second-order valence-corrected chi connectivity index (χ2v) is 6.48. The average molecular weight is 290 g/mol. The lowest BCUT2D eigenvalue weighted by Crippen LogP contribution is -2.27. The van der Waals surface area contributed by atoms with Crippen molar-refractivity contribution in [2.75, 3.05) is 19.7 Å². The third-order valence-electron chi connectivity index (χ3n) is 3.08. The molecule has 0 spiro atoms. The highest BCUT2D eigenvalue weighted by Crippen LogP contribution is 2.32. The molecule has 1 unspecified atom stereocenters. The van der Waals surface area contributed by atoms with E-state index in [9.17, 15) is 5.11 Å². The Hall–Kier alpha value is 0.100. The van der Waals surface area contributed by atoms with Crippen LogP contribution in [0.2, 0.25) is 0 Å². The summed E-state index contributed by atoms with van der Waals surface area (Å²) in [6.45, 7) is 5.58. The number of hydrogen-bond acceptors (Lipinski definition) is 3. The zero-order valence-electron chi connectivity index (χ0n) is 8.87. The molecule has 1 aromatic heterocycles. The zero-order valence-corrected chi connectivity index (χ0v) is 11.3. The second-order valence-electron chi connectivity index (χ2n) is 4.62. The van der Waals surface area contributed by atoms with Crippen LogP contribution in [0, 0.1) is 5.41 Å². The second kappa shape index (κ2) is 4.53. The van der Waals surface area contributed by atoms with Gasteiger partial charge in [-0.1, -0.05) is 6.92 Å². The van der Waals surface area contributed by atoms with Crippen molar-refractivity contribution in [1.82, 2.24) is 4.90 Å². The van der Waals surface area contributed by atoms with Gasteiger partial charge < -0.3 is 5.11 Å². The standard InChI is InChI=1S/C11H16BrNOS/c1-11(8-14)3-4-13(7-11)6-10-9(12)2-5-15-10/h2,5,14H,3-4,6-8H2,1H3. The molecule has 1 fully saturated rings. The maximum absolute atomic E-state index is 9.29. The highest BCUT2D eigenvalue weighted by molar-refractivity contribution is 9.10. The van der Waals surface area contributed by atoms with E-state index in [0.29, 0.717) is 6.61 Å². The largest absolute Gasteiger partial charge is 0.396 e. The van der Waals surface area contributed by atoms with Crippen molar-refractivity contribution in [1.29, 1.82) is 0 Å². The Morgan fingerprint density at radius 1 is 1.67 bits per heavy atom. The first-order chi connectivity index (χ1) is 7.13. The van der Waals surface area contributed by atoms with Crippen LogP contribution < -0.4 is 0 Å². The van der Waals surface area contributed by atoms with E-state index in [0.717, 1.165) is 26.1 Å². The lowest BCUT2D eigenvalue weighted by Gasteiger charge is -2.21. The number of aliphatic hydroxyl groups is 1. The van der Waals surface area contributed by atoms with Gasteiger partial charge in [0.25, 0.3) is 0 Å². The van der Waals surface area contributed by atoms with Gasteiger partial charge >= 0.3 is 0 Å². The summed E-state index contributed by atoms with van der Waals surface area (Å²) >= 11 is 5.35. The minimum atomic E-state index is 0.115. The number of hydrogen-bond donors (Lipinski definition) is 1. The van der Waals surface area contributed by atoms with Crippen LogP contribution in [0.3, 0.4) is 0 Å². The van der Waals surface area contributed by atoms with E-state index in [2.05, 4.69) is 39.2 Å². The molecule has 2 nitrogen and oxygen atoms in total. The maximum atomic E-state index is 9.29. The molecule has 0 amide bonds. The Bertz CT molecular complexity index is 341. The van der Waals surface area contributed by atoms with Gasteiger partial charge in [-0.05, 0) is 40.3 Å². The predicted octanol–water partition coefficient (Wildman–Crippen LogP) is 2.71. The van der Waals surface area contributed by atoms with Crippen molar-refractivity contribution in [3.05, 3.63) is 20.8 Å². The van der Waals surface area contributed by atoms with Gasteiger partial charge in [-0.3, -0.25) is 4.90 Å². The van der Waals surface area contributed by atoms with Crippen LogP contribution >= 0.6 is 27.3 Å². The average Bonchev–Trinajstić information content (AvgIpc) is 2.77. The molecule has 0 bridgehead atoms. The molecule has 1 saturated heterocycles. The van der Waals surface area contributed by atoms with Gasteiger partial charge in [0.15, 0.2) is 0 Å². The topological polar surface area (TPSA) is 23.5 Å². The lowest BCUT2D eigenvalue weighted by atomic mass is 9.91. The summed E-state index contributed by atoms with van der Waals surface area (Å²) < 4.78 is 1.21. The summed E-state index contributed by atoms with van der Waals surface area (Å²) in [7, 11) is 0. The van der Waals surface area contributed by atoms with Crippen molar-refractivity contribution in [2.24, 2.45) is 5.41 Å². The minimum absolute atomic E-state index is 0.115. The van der Waals surface area contributed by atoms with Gasteiger partial charge in [0.2, 0.25) is 0 Å². The third kappa shape index (κ3) is 2.61. The Balaban J connectivity index is 1.96. The van der Waals surface area contributed by atoms with E-state index in [-0.39, 0.29) is 5.41 Å². The zero-order chi connectivity index (χ0) is 10.9. The Labute approximate surface area is 103 Å². The summed E-state index contributed by atoms with van der Waals surface area (Å²) in [6.07, 6.45) is 1.10. The summed E-state index contributed by atoms with van der Waals surface area (Å²) in [5.41, 5.74) is 0.115. The first kappa shape index (κ1) is 11.6. The number of thiophene rings is 1. The number of halogens is 1. The molecule has 2 heterocycles. The molecule has 1 aliphatic heterocycles. The van der Waals surface area contributed by atoms with E-state index in [1.165, 1.54) is 9.35 Å². The van der Waals surface area contributed by atoms with Gasteiger partial charge in [0.1, 0.15) is 0 Å². The van der Waals surface area contributed by atoms with Crippen LogP contribution in [-0.2, 0) is 6.54 Å². The maximum Gasteiger partial charge on any atom is 0.0497 e. The Morgan fingerprint density at radius 2 is 2.47 bits per heavy atom. The van der Waals surface area contributed by atoms with Gasteiger partial charge in [-0.2, -0.15) is 0 Å². The van der Waals surface area contributed by atoms with E-state index >= 15 is 0 Å². The molecule has 1 N–H and O–H groups in total. The van der Waals surface area contributed by atoms with Crippen molar-refractivity contribution in [2.45, 2.75) is 19.9 Å². The summed E-state index contributed by atoms with van der Waals surface area (Å²) in [6, 6.07) is 2.10. The lowest BCUT2D eigenvalue weighted by molar-refractivity contribution is 0.144. The molecule has 1 atom stereocenters. The van der Waals surface area contributed by atoms with Gasteiger partial charge in [-0.15, -0.1) is 11.3 Å². The highest BCUT2D eigenvalue weighted by Gasteiger charge is 2.33. The van der Waals surface area contributed by atoms with Crippen molar-refractivity contribution in [3.63, 3.8) is 0 Å². The van der Waals surface area contributed by atoms with E-state index < -0.39 is 0 Å². The van der Waals surface area contributed by atoms with Gasteiger partial charge in [0.05, 0.1) is 0 Å². The summed E-state index contributed by atoms with van der Waals surface area (Å²) in [4.78, 5) is 3.81. The van der Waals surface area contributed by atoms with Crippen LogP contribution in [0.4, 0.5) is 0 Å². The molecule has 15 heavy (non-hydrogen) atoms. The van der Waals surface area contributed by atoms with Crippen LogP contribution in [0.5, 0.6) is 0 Å². The predicted molar refractivity (Wildman–Crippen MR) is 67.1 cm³/mol. The van der Waals surface area contributed by atoms with Crippen LogP contribution in [0.25, 0.3) is 0 Å². The molecule has 0 aliphatic carbocycles. The van der Waals surface area contributed by atoms with E-state index in [1.54, 1.807) is 11.3 Å². The van der Waals surface area contributed by atoms with E-state index in [1.807, 2.05) is 0 Å². The minimum Gasteiger partial charge on any atom is -0.396 e. The number of aliphatic hydroxyl groups excluding tert-OH is 1. The van der Waals surface area contributed by atoms with E-state index in [4.69, 9.17) is 0 Å². The van der Waals surface area contributed by atoms with Crippen molar-refractivity contribution < 1.29 is 5.11 Å². The van der Waals surface area contributed by atoms with Crippen LogP contribution in [0.15, 0.2) is 15.9 Å². The Kier molecular flexibility index (Phi) is 3.50. The normalized spacial score (nSPS) is 27.4. The summed E-state index contributed by atoms with van der Waals surface area (Å²) in [5, 5.41) is 11.4. The smallest absolute Gasteiger partial charge is 0.0497 e. The fourth-order valence-corrected chi connectivity index (χ4v) is 3.55. The molecule has 84 valence electrons. The molecule has 0 aromatic carbocycles. The first-order valence-corrected chi connectivity index (χ1v) is 6.85. The molecule has 2 rings (SSSR count). The van der Waals surface area contributed by atoms with Gasteiger partial charge in [-0.25, -0.2) is 0 Å². The number of likely N-dealkylation sites (tertiary alicyclic amines) is 1. The fourth-order valence-electron chi connectivity index (χ4n) is 2.03. The molecular formula is C11H16BrNOS. The first-order valence-electron chi connectivity index (χ1n) is 5.18. The fraction of sp³-hybridized carbons (Fsp3) is 0.636. The van der Waals surface area contributed by atoms with Crippen molar-refractivity contribution >= 4 is 27.3 Å². The quantitative estimate of drug-likeness (QED) is 0.925. The van der Waals surface area contributed by atoms with Crippen LogP contribution in [-0.4, -0.2) is 29.7 Å². The monoisotopic (exact) mass is 289 g/mol. The molecule has 1 aromatic rings. The molecule has 1 aliphatic rings. The molecular weight excluding hydrogens is 274 g/mol. The van der Waals surface area contributed by atoms with Crippen LogP contribution in [0.1, 0.15) is 18.2 Å². The van der Waals surface area contributed by atoms with Gasteiger partial charge in [0, 0.05) is 34.5 Å². The molecule has 0 saturated carbocycles. The highest BCUT2D eigenvalue weighted by atomic mass is 79.9. The third-order valence-corrected chi connectivity index (χ3v) is 4.99. The number of nitrogens with zero attached hydrogens (tertiary/aromatic N) is 1. The SMILES string of the molecule is CC1(CO)CCN(Cc2sccc2Br)C1. The number of rotatable bonds is 3. The summed E-state index contributed by atoms with van der Waals surface area (Å²) in [5.74, 6) is 0. The van der Waals surface area contributed by atoms with Crippen molar-refractivity contribution in [3.8, 4) is 0 Å².